The fraction of sp³-hybridized carbons (Fsp3) is 0.944. The fourth-order valence-corrected chi connectivity index (χ4v) is 4.09. The third-order valence-corrected chi connectivity index (χ3v) is 5.49. The molecule has 2 aliphatic carbocycles. The summed E-state index contributed by atoms with van der Waals surface area (Å²) in [6, 6.07) is 0. The van der Waals surface area contributed by atoms with E-state index in [1.54, 1.807) is 0 Å². The zero-order valence-electron chi connectivity index (χ0n) is 13.1. The van der Waals surface area contributed by atoms with Crippen molar-refractivity contribution in [2.75, 3.05) is 0 Å². The molecule has 0 N–H and O–H groups in total. The zero-order valence-corrected chi connectivity index (χ0v) is 13.1. The van der Waals surface area contributed by atoms with Crippen molar-refractivity contribution in [2.24, 2.45) is 11.8 Å². The first-order chi connectivity index (χ1) is 9.79. The van der Waals surface area contributed by atoms with Crippen LogP contribution in [0.3, 0.4) is 0 Å². The van der Waals surface area contributed by atoms with Crippen molar-refractivity contribution in [1.29, 1.82) is 0 Å². The van der Waals surface area contributed by atoms with Gasteiger partial charge in [-0.2, -0.15) is 0 Å². The van der Waals surface area contributed by atoms with Crippen molar-refractivity contribution < 1.29 is 4.79 Å². The van der Waals surface area contributed by atoms with Gasteiger partial charge >= 0.3 is 0 Å². The van der Waals surface area contributed by atoms with Crippen molar-refractivity contribution in [3.63, 3.8) is 0 Å². The molecule has 0 bridgehead atoms. The minimum absolute atomic E-state index is 0.169. The van der Waals surface area contributed by atoms with E-state index in [-0.39, 0.29) is 11.7 Å². The zero-order chi connectivity index (χ0) is 14.2. The van der Waals surface area contributed by atoms with Crippen LogP contribution in [0, 0.1) is 11.8 Å². The Morgan fingerprint density at radius 2 is 1.10 bits per heavy atom. The SMILES string of the molecule is [B]C(C(=O)C1CCCCCCC1)C1CCCCCCC1. The van der Waals surface area contributed by atoms with Gasteiger partial charge in [-0.3, -0.25) is 4.79 Å². The van der Waals surface area contributed by atoms with Gasteiger partial charge in [-0.1, -0.05) is 77.0 Å². The third kappa shape index (κ3) is 4.93. The van der Waals surface area contributed by atoms with Gasteiger partial charge in [0, 0.05) is 5.92 Å². The summed E-state index contributed by atoms with van der Waals surface area (Å²) in [5.74, 6) is 0.971. The number of rotatable bonds is 3. The summed E-state index contributed by atoms with van der Waals surface area (Å²) in [6.07, 6.45) is 17.6. The minimum Gasteiger partial charge on any atom is -0.300 e. The van der Waals surface area contributed by atoms with Crippen LogP contribution in [-0.2, 0) is 4.79 Å². The largest absolute Gasteiger partial charge is 0.300 e. The lowest BCUT2D eigenvalue weighted by Crippen LogP contribution is -2.26. The molecular weight excluding hydrogens is 243 g/mol. The molecule has 0 aromatic rings. The van der Waals surface area contributed by atoms with Crippen LogP contribution in [0.4, 0.5) is 0 Å². The normalized spacial score (nSPS) is 26.0. The van der Waals surface area contributed by atoms with Gasteiger partial charge in [0.1, 0.15) is 5.78 Å². The number of Topliss-reactive ketones (excluding diaryl/α,β-unsaturated/α-hetero) is 1. The molecule has 2 saturated carbocycles. The number of ketones is 1. The standard InChI is InChI=1S/C18H31BO/c19-17(15-11-7-3-1-4-8-12-15)18(20)16-13-9-5-2-6-10-14-16/h15-17H,1-14H2. The molecule has 1 nitrogen and oxygen atoms in total. The fourth-order valence-electron chi connectivity index (χ4n) is 4.09. The molecule has 112 valence electrons. The van der Waals surface area contributed by atoms with Crippen molar-refractivity contribution in [2.45, 2.75) is 95.7 Å². The lowest BCUT2D eigenvalue weighted by atomic mass is 9.65. The predicted molar refractivity (Wildman–Crippen MR) is 86.1 cm³/mol. The molecule has 2 radical (unpaired) electrons. The Labute approximate surface area is 126 Å². The molecule has 0 aromatic heterocycles. The molecule has 2 aliphatic rings. The number of carbonyl (C=O) groups is 1. The van der Waals surface area contributed by atoms with Crippen LogP contribution in [0.15, 0.2) is 0 Å². The van der Waals surface area contributed by atoms with Crippen LogP contribution < -0.4 is 0 Å². The molecule has 1 unspecified atom stereocenters. The van der Waals surface area contributed by atoms with Gasteiger partial charge < -0.3 is 0 Å². The number of hydrogen-bond acceptors (Lipinski definition) is 1. The van der Waals surface area contributed by atoms with Crippen molar-refractivity contribution in [3.8, 4) is 0 Å². The van der Waals surface area contributed by atoms with Crippen LogP contribution in [0.5, 0.6) is 0 Å². The summed E-state index contributed by atoms with van der Waals surface area (Å²) in [5, 5.41) is 0. The average molecular weight is 274 g/mol. The van der Waals surface area contributed by atoms with Gasteiger partial charge in [0.25, 0.3) is 0 Å². The van der Waals surface area contributed by atoms with E-state index in [1.807, 2.05) is 0 Å². The molecule has 0 spiro atoms. The molecule has 0 saturated heterocycles. The summed E-state index contributed by atoms with van der Waals surface area (Å²) in [4.78, 5) is 12.7. The minimum atomic E-state index is -0.169. The highest BCUT2D eigenvalue weighted by molar-refractivity contribution is 6.24. The van der Waals surface area contributed by atoms with E-state index in [0.29, 0.717) is 11.7 Å². The molecule has 0 aromatic carbocycles. The van der Waals surface area contributed by atoms with E-state index in [4.69, 9.17) is 7.85 Å². The Morgan fingerprint density at radius 1 is 0.700 bits per heavy atom. The van der Waals surface area contributed by atoms with Gasteiger partial charge in [-0.15, -0.1) is 0 Å². The first-order valence-electron chi connectivity index (χ1n) is 9.08. The summed E-state index contributed by atoms with van der Waals surface area (Å²) < 4.78 is 0. The predicted octanol–water partition coefficient (Wildman–Crippen LogP) is 5.23. The van der Waals surface area contributed by atoms with Gasteiger partial charge in [0.2, 0.25) is 0 Å². The maximum Gasteiger partial charge on any atom is 0.130 e. The van der Waals surface area contributed by atoms with E-state index >= 15 is 0 Å². The Balaban J connectivity index is 1.87. The second-order valence-corrected chi connectivity index (χ2v) is 7.08. The van der Waals surface area contributed by atoms with E-state index in [0.717, 1.165) is 12.8 Å². The maximum absolute atomic E-state index is 12.7. The van der Waals surface area contributed by atoms with Crippen LogP contribution in [0.1, 0.15) is 89.9 Å². The molecule has 2 rings (SSSR count). The topological polar surface area (TPSA) is 17.1 Å². The highest BCUT2D eigenvalue weighted by Gasteiger charge is 2.29. The van der Waals surface area contributed by atoms with Gasteiger partial charge in [0.05, 0.1) is 7.85 Å². The van der Waals surface area contributed by atoms with Gasteiger partial charge in [-0.25, -0.2) is 0 Å². The van der Waals surface area contributed by atoms with Crippen LogP contribution >= 0.6 is 0 Å². The van der Waals surface area contributed by atoms with Crippen molar-refractivity contribution >= 4 is 13.6 Å². The Bertz CT molecular complexity index is 273. The van der Waals surface area contributed by atoms with Crippen LogP contribution in [0.25, 0.3) is 0 Å². The number of hydrogen-bond donors (Lipinski definition) is 0. The second kappa shape index (κ2) is 8.90. The lowest BCUT2D eigenvalue weighted by molar-refractivity contribution is -0.124. The lowest BCUT2D eigenvalue weighted by Gasteiger charge is -2.29. The van der Waals surface area contributed by atoms with E-state index < -0.39 is 0 Å². The molecule has 1 atom stereocenters. The molecule has 0 amide bonds. The maximum atomic E-state index is 12.7. The highest BCUT2D eigenvalue weighted by atomic mass is 16.1. The smallest absolute Gasteiger partial charge is 0.130 e. The van der Waals surface area contributed by atoms with Crippen molar-refractivity contribution in [3.05, 3.63) is 0 Å². The van der Waals surface area contributed by atoms with Crippen LogP contribution in [-0.4, -0.2) is 13.6 Å². The third-order valence-electron chi connectivity index (χ3n) is 5.49. The average Bonchev–Trinajstić information content (AvgIpc) is 2.36. The summed E-state index contributed by atoms with van der Waals surface area (Å²) in [6.45, 7) is 0. The highest BCUT2D eigenvalue weighted by Crippen LogP contribution is 2.35. The monoisotopic (exact) mass is 274 g/mol. The quantitative estimate of drug-likeness (QED) is 0.644. The first kappa shape index (κ1) is 16.1. The Hall–Kier alpha value is -0.265. The Kier molecular flexibility index (Phi) is 7.17. The summed E-state index contributed by atoms with van der Waals surface area (Å²) in [7, 11) is 6.38. The van der Waals surface area contributed by atoms with Gasteiger partial charge in [0.15, 0.2) is 0 Å². The molecule has 20 heavy (non-hydrogen) atoms. The van der Waals surface area contributed by atoms with E-state index in [1.165, 1.54) is 77.0 Å². The van der Waals surface area contributed by atoms with Crippen molar-refractivity contribution in [1.82, 2.24) is 0 Å². The summed E-state index contributed by atoms with van der Waals surface area (Å²) >= 11 is 0. The molecule has 2 fully saturated rings. The first-order valence-corrected chi connectivity index (χ1v) is 9.08. The molecule has 0 aliphatic heterocycles. The Morgan fingerprint density at radius 3 is 1.60 bits per heavy atom. The van der Waals surface area contributed by atoms with E-state index in [2.05, 4.69) is 0 Å². The van der Waals surface area contributed by atoms with Gasteiger partial charge in [-0.05, 0) is 24.6 Å². The number of carbonyl (C=O) groups excluding carboxylic acids is 1. The summed E-state index contributed by atoms with van der Waals surface area (Å²) in [5.41, 5.74) is 0. The van der Waals surface area contributed by atoms with Crippen LogP contribution in [0.2, 0.25) is 5.82 Å². The second-order valence-electron chi connectivity index (χ2n) is 7.08. The van der Waals surface area contributed by atoms with E-state index in [9.17, 15) is 4.79 Å². The molecule has 0 heterocycles. The molecule has 2 heteroatoms. The molecular formula is C18H31BO.